The van der Waals surface area contributed by atoms with Crippen LogP contribution < -0.4 is 21.7 Å². The van der Waals surface area contributed by atoms with Crippen molar-refractivity contribution in [3.05, 3.63) is 35.6 Å². The maximum absolute atomic E-state index is 13.9. The van der Waals surface area contributed by atoms with Gasteiger partial charge in [-0.2, -0.15) is 0 Å². The fraction of sp³-hybridized carbons (Fsp3) is 0.697. The lowest BCUT2D eigenvalue weighted by molar-refractivity contribution is -0.149. The first-order valence-corrected chi connectivity index (χ1v) is 16.4. The summed E-state index contributed by atoms with van der Waals surface area (Å²) in [7, 11) is 0. The average molecular weight is 668 g/mol. The summed E-state index contributed by atoms with van der Waals surface area (Å²) in [6.45, 7) is 12.9. The highest BCUT2D eigenvalue weighted by atomic mass is 19.1. The van der Waals surface area contributed by atoms with Crippen LogP contribution in [0.5, 0.6) is 0 Å². The van der Waals surface area contributed by atoms with Gasteiger partial charge in [-0.1, -0.05) is 32.9 Å². The Balaban J connectivity index is 1.94. The van der Waals surface area contributed by atoms with E-state index in [4.69, 9.17) is 24.7 Å². The lowest BCUT2D eigenvalue weighted by Crippen LogP contribution is -2.60. The fourth-order valence-corrected chi connectivity index (χ4v) is 5.01. The lowest BCUT2D eigenvalue weighted by atomic mass is 9.85. The van der Waals surface area contributed by atoms with Gasteiger partial charge < -0.3 is 45.5 Å². The summed E-state index contributed by atoms with van der Waals surface area (Å²) < 4.78 is 34.8. The maximum atomic E-state index is 13.9. The molecule has 47 heavy (non-hydrogen) atoms. The quantitative estimate of drug-likeness (QED) is 0.109. The number of esters is 1. The number of carbonyl (C=O) groups is 4. The van der Waals surface area contributed by atoms with Crippen molar-refractivity contribution in [1.29, 1.82) is 0 Å². The number of hydrogen-bond donors (Lipinski definition) is 4. The second-order valence-electron chi connectivity index (χ2n) is 12.4. The van der Waals surface area contributed by atoms with Crippen LogP contribution >= 0.6 is 0 Å². The number of nitrogens with two attached hydrogens (primary N) is 1. The molecule has 0 spiro atoms. The molecule has 1 aromatic rings. The molecule has 0 aliphatic carbocycles. The Labute approximate surface area is 277 Å². The van der Waals surface area contributed by atoms with E-state index in [1.54, 1.807) is 13.8 Å². The van der Waals surface area contributed by atoms with Crippen molar-refractivity contribution in [3.8, 4) is 0 Å². The fourth-order valence-electron chi connectivity index (χ4n) is 5.01. The third kappa shape index (κ3) is 14.2. The van der Waals surface area contributed by atoms with Crippen molar-refractivity contribution in [2.75, 3.05) is 65.9 Å². The molecule has 2 rings (SSSR count). The van der Waals surface area contributed by atoms with Crippen molar-refractivity contribution in [3.63, 3.8) is 0 Å². The van der Waals surface area contributed by atoms with Gasteiger partial charge in [-0.25, -0.2) is 9.18 Å². The van der Waals surface area contributed by atoms with Crippen molar-refractivity contribution in [2.24, 2.45) is 11.1 Å². The third-order valence-electron chi connectivity index (χ3n) is 7.58. The van der Waals surface area contributed by atoms with Gasteiger partial charge in [-0.05, 0) is 49.8 Å². The molecule has 14 heteroatoms. The molecule has 266 valence electrons. The van der Waals surface area contributed by atoms with E-state index >= 15 is 0 Å². The zero-order valence-corrected chi connectivity index (χ0v) is 28.5. The SMILES string of the molecule is CCOC(=O)[C@H](Cc1ccc(F)cc1)NC(=O)[C@@H]1CCCN1C(=O)[C@@H](NC(=O)[C@H](C)NCCOCCOCCOCCN)C(C)(C)C. The van der Waals surface area contributed by atoms with E-state index in [0.29, 0.717) is 77.7 Å². The number of nitrogens with one attached hydrogen (secondary N) is 3. The summed E-state index contributed by atoms with van der Waals surface area (Å²) in [5, 5.41) is 8.74. The molecule has 1 saturated heterocycles. The lowest BCUT2D eigenvalue weighted by Gasteiger charge is -2.36. The van der Waals surface area contributed by atoms with Gasteiger partial charge in [0, 0.05) is 26.1 Å². The largest absolute Gasteiger partial charge is 0.464 e. The van der Waals surface area contributed by atoms with Crippen LogP contribution in [0.15, 0.2) is 24.3 Å². The molecular weight excluding hydrogens is 613 g/mol. The van der Waals surface area contributed by atoms with Crippen molar-refractivity contribution in [1.82, 2.24) is 20.9 Å². The summed E-state index contributed by atoms with van der Waals surface area (Å²) >= 11 is 0. The smallest absolute Gasteiger partial charge is 0.328 e. The zero-order valence-electron chi connectivity index (χ0n) is 28.5. The second kappa shape index (κ2) is 20.9. The first kappa shape index (κ1) is 40.0. The molecule has 1 aromatic carbocycles. The predicted molar refractivity (Wildman–Crippen MR) is 174 cm³/mol. The molecule has 1 aliphatic rings. The maximum Gasteiger partial charge on any atom is 0.328 e. The molecule has 5 N–H and O–H groups in total. The predicted octanol–water partition coefficient (Wildman–Crippen LogP) is 0.925. The minimum atomic E-state index is -1.02. The van der Waals surface area contributed by atoms with Crippen LogP contribution in [-0.4, -0.2) is 119 Å². The van der Waals surface area contributed by atoms with Gasteiger partial charge in [0.2, 0.25) is 17.7 Å². The van der Waals surface area contributed by atoms with E-state index in [-0.39, 0.29) is 24.8 Å². The third-order valence-corrected chi connectivity index (χ3v) is 7.58. The van der Waals surface area contributed by atoms with Crippen LogP contribution in [-0.2, 0) is 44.5 Å². The highest BCUT2D eigenvalue weighted by molar-refractivity contribution is 5.95. The zero-order chi connectivity index (χ0) is 34.8. The number of nitrogens with zero attached hydrogens (tertiary/aromatic N) is 1. The van der Waals surface area contributed by atoms with Crippen LogP contribution in [0, 0.1) is 11.2 Å². The molecule has 3 amide bonds. The van der Waals surface area contributed by atoms with E-state index in [1.165, 1.54) is 29.2 Å². The standard InChI is InChI=1S/C33H54FN5O8/c1-6-47-32(43)26(22-24-9-11-25(34)12-10-24)37-30(41)27-8-7-15-39(27)31(42)28(33(3,4)5)38-29(40)23(2)36-14-17-45-19-21-46-20-18-44-16-13-35/h9-12,23,26-28,36H,6-8,13-22,35H2,1-5H3,(H,37,41)(H,38,40)/t23-,26-,27-,28+/m0/s1. The van der Waals surface area contributed by atoms with E-state index in [0.717, 1.165) is 0 Å². The Bertz CT molecular complexity index is 1120. The average Bonchev–Trinajstić information content (AvgIpc) is 3.52. The first-order valence-electron chi connectivity index (χ1n) is 16.4. The first-order chi connectivity index (χ1) is 22.4. The Morgan fingerprint density at radius 3 is 2.19 bits per heavy atom. The van der Waals surface area contributed by atoms with Crippen molar-refractivity contribution in [2.45, 2.75) is 78.0 Å². The number of hydrogen-bond acceptors (Lipinski definition) is 10. The highest BCUT2D eigenvalue weighted by Gasteiger charge is 2.43. The molecule has 0 saturated carbocycles. The Kier molecular flexibility index (Phi) is 17.8. The number of rotatable bonds is 21. The van der Waals surface area contributed by atoms with Gasteiger partial charge in [0.05, 0.1) is 52.3 Å². The Morgan fingerprint density at radius 2 is 1.60 bits per heavy atom. The molecule has 1 heterocycles. The molecule has 4 atom stereocenters. The summed E-state index contributed by atoms with van der Waals surface area (Å²) in [4.78, 5) is 54.8. The van der Waals surface area contributed by atoms with Gasteiger partial charge in [0.25, 0.3) is 0 Å². The van der Waals surface area contributed by atoms with Crippen LogP contribution in [0.1, 0.15) is 53.0 Å². The molecule has 0 aromatic heterocycles. The van der Waals surface area contributed by atoms with Gasteiger partial charge in [-0.3, -0.25) is 14.4 Å². The molecular formula is C33H54FN5O8. The van der Waals surface area contributed by atoms with Gasteiger partial charge in [0.15, 0.2) is 0 Å². The Hall–Kier alpha value is -3.17. The summed E-state index contributed by atoms with van der Waals surface area (Å²) in [6, 6.07) is 2.27. The normalized spacial score (nSPS) is 16.7. The van der Waals surface area contributed by atoms with Crippen LogP contribution in [0.25, 0.3) is 0 Å². The van der Waals surface area contributed by atoms with Gasteiger partial charge in [0.1, 0.15) is 23.9 Å². The number of likely N-dealkylation sites (tertiary alicyclic amines) is 1. The molecule has 1 aliphatic heterocycles. The monoisotopic (exact) mass is 667 g/mol. The van der Waals surface area contributed by atoms with Crippen LogP contribution in [0.3, 0.4) is 0 Å². The van der Waals surface area contributed by atoms with Crippen LogP contribution in [0.2, 0.25) is 0 Å². The Morgan fingerprint density at radius 1 is 0.979 bits per heavy atom. The van der Waals surface area contributed by atoms with Gasteiger partial charge >= 0.3 is 5.97 Å². The number of ether oxygens (including phenoxy) is 4. The summed E-state index contributed by atoms with van der Waals surface area (Å²) in [6.07, 6.45) is 1.09. The molecule has 0 unspecified atom stereocenters. The molecule has 1 fully saturated rings. The molecule has 0 bridgehead atoms. The van der Waals surface area contributed by atoms with E-state index in [1.807, 2.05) is 20.8 Å². The van der Waals surface area contributed by atoms with Crippen molar-refractivity contribution >= 4 is 23.7 Å². The van der Waals surface area contributed by atoms with Gasteiger partial charge in [-0.15, -0.1) is 0 Å². The molecule has 0 radical (unpaired) electrons. The summed E-state index contributed by atoms with van der Waals surface area (Å²) in [5.74, 6) is -2.26. The number of benzene rings is 1. The van der Waals surface area contributed by atoms with Crippen molar-refractivity contribution < 1.29 is 42.5 Å². The van der Waals surface area contributed by atoms with Crippen LogP contribution in [0.4, 0.5) is 4.39 Å². The number of amides is 3. The highest BCUT2D eigenvalue weighted by Crippen LogP contribution is 2.26. The second-order valence-corrected chi connectivity index (χ2v) is 12.4. The molecule has 13 nitrogen and oxygen atoms in total. The minimum Gasteiger partial charge on any atom is -0.464 e. The van der Waals surface area contributed by atoms with E-state index < -0.39 is 47.3 Å². The summed E-state index contributed by atoms with van der Waals surface area (Å²) in [5.41, 5.74) is 5.34. The number of carbonyl (C=O) groups excluding carboxylic acids is 4. The van der Waals surface area contributed by atoms with E-state index in [2.05, 4.69) is 16.0 Å². The topological polar surface area (TPSA) is 171 Å². The van der Waals surface area contributed by atoms with E-state index in [9.17, 15) is 23.6 Å². The minimum absolute atomic E-state index is 0.0982. The number of halogens is 1.